The van der Waals surface area contributed by atoms with Crippen LogP contribution in [0.2, 0.25) is 5.02 Å². The Bertz CT molecular complexity index is 433. The zero-order valence-electron chi connectivity index (χ0n) is 9.95. The Labute approximate surface area is 107 Å². The van der Waals surface area contributed by atoms with E-state index in [0.717, 1.165) is 24.9 Å². The molecule has 0 spiro atoms. The van der Waals surface area contributed by atoms with Crippen LogP contribution in [0.15, 0.2) is 18.2 Å². The fraction of sp³-hybridized carbons (Fsp3) is 0.462. The predicted molar refractivity (Wildman–Crippen MR) is 69.3 cm³/mol. The molecule has 1 saturated heterocycles. The van der Waals surface area contributed by atoms with Crippen molar-refractivity contribution in [3.8, 4) is 0 Å². The summed E-state index contributed by atoms with van der Waals surface area (Å²) in [5.41, 5.74) is 7.31. The SMILES string of the molecule is Cc1cc(C(=O)N2CCC[C@@H]2CN)ccc1Cl. The van der Waals surface area contributed by atoms with Crippen molar-refractivity contribution < 1.29 is 4.79 Å². The van der Waals surface area contributed by atoms with Gasteiger partial charge in [-0.25, -0.2) is 0 Å². The maximum absolute atomic E-state index is 12.3. The molecule has 1 amide bonds. The molecule has 92 valence electrons. The van der Waals surface area contributed by atoms with E-state index in [-0.39, 0.29) is 11.9 Å². The summed E-state index contributed by atoms with van der Waals surface area (Å²) < 4.78 is 0. The van der Waals surface area contributed by atoms with Gasteiger partial charge in [0, 0.05) is 29.7 Å². The fourth-order valence-electron chi connectivity index (χ4n) is 2.29. The summed E-state index contributed by atoms with van der Waals surface area (Å²) in [6.07, 6.45) is 2.05. The van der Waals surface area contributed by atoms with E-state index in [9.17, 15) is 4.79 Å². The monoisotopic (exact) mass is 252 g/mol. The number of aryl methyl sites for hydroxylation is 1. The molecular weight excluding hydrogens is 236 g/mol. The maximum Gasteiger partial charge on any atom is 0.254 e. The summed E-state index contributed by atoms with van der Waals surface area (Å²) in [4.78, 5) is 14.2. The zero-order valence-corrected chi connectivity index (χ0v) is 10.7. The molecule has 2 N–H and O–H groups in total. The van der Waals surface area contributed by atoms with Gasteiger partial charge in [-0.3, -0.25) is 4.79 Å². The summed E-state index contributed by atoms with van der Waals surface area (Å²) in [5, 5.41) is 0.693. The smallest absolute Gasteiger partial charge is 0.254 e. The molecule has 0 unspecified atom stereocenters. The fourth-order valence-corrected chi connectivity index (χ4v) is 2.41. The molecule has 4 heteroatoms. The van der Waals surface area contributed by atoms with E-state index in [1.807, 2.05) is 17.9 Å². The number of rotatable bonds is 2. The number of hydrogen-bond acceptors (Lipinski definition) is 2. The van der Waals surface area contributed by atoms with Gasteiger partial charge in [-0.05, 0) is 43.5 Å². The molecule has 0 radical (unpaired) electrons. The summed E-state index contributed by atoms with van der Waals surface area (Å²) in [6, 6.07) is 5.59. The minimum Gasteiger partial charge on any atom is -0.334 e. The van der Waals surface area contributed by atoms with Crippen LogP contribution in [0, 0.1) is 6.92 Å². The molecule has 1 aliphatic rings. The van der Waals surface area contributed by atoms with E-state index < -0.39 is 0 Å². The van der Waals surface area contributed by atoms with Crippen LogP contribution in [0.5, 0.6) is 0 Å². The first-order valence-electron chi connectivity index (χ1n) is 5.90. The predicted octanol–water partition coefficient (Wildman–Crippen LogP) is 2.21. The average molecular weight is 253 g/mol. The van der Waals surface area contributed by atoms with E-state index in [1.54, 1.807) is 12.1 Å². The van der Waals surface area contributed by atoms with Gasteiger partial charge in [-0.2, -0.15) is 0 Å². The van der Waals surface area contributed by atoms with Crippen molar-refractivity contribution in [3.05, 3.63) is 34.3 Å². The molecule has 0 aromatic heterocycles. The molecule has 1 atom stereocenters. The van der Waals surface area contributed by atoms with Gasteiger partial charge >= 0.3 is 0 Å². The molecule has 3 nitrogen and oxygen atoms in total. The minimum atomic E-state index is 0.0673. The average Bonchev–Trinajstić information content (AvgIpc) is 2.80. The molecule has 0 aliphatic carbocycles. The number of benzene rings is 1. The molecule has 1 fully saturated rings. The third-order valence-electron chi connectivity index (χ3n) is 3.31. The lowest BCUT2D eigenvalue weighted by atomic mass is 10.1. The van der Waals surface area contributed by atoms with Gasteiger partial charge in [-0.1, -0.05) is 11.6 Å². The van der Waals surface area contributed by atoms with Crippen LogP contribution in [-0.4, -0.2) is 29.9 Å². The molecule has 1 aliphatic heterocycles. The first kappa shape index (κ1) is 12.4. The van der Waals surface area contributed by atoms with Crippen molar-refractivity contribution >= 4 is 17.5 Å². The molecule has 1 heterocycles. The normalized spacial score (nSPS) is 19.7. The lowest BCUT2D eigenvalue weighted by Crippen LogP contribution is -2.39. The van der Waals surface area contributed by atoms with Crippen LogP contribution in [0.25, 0.3) is 0 Å². The quantitative estimate of drug-likeness (QED) is 0.877. The Morgan fingerprint density at radius 2 is 2.35 bits per heavy atom. The maximum atomic E-state index is 12.3. The number of carbonyl (C=O) groups excluding carboxylic acids is 1. The molecule has 1 aromatic carbocycles. The van der Waals surface area contributed by atoms with Crippen molar-refractivity contribution in [1.29, 1.82) is 0 Å². The number of amides is 1. The molecular formula is C13H17ClN2O. The van der Waals surface area contributed by atoms with Gasteiger partial charge in [-0.15, -0.1) is 0 Å². The van der Waals surface area contributed by atoms with E-state index >= 15 is 0 Å². The van der Waals surface area contributed by atoms with Crippen LogP contribution < -0.4 is 5.73 Å². The second-order valence-corrected chi connectivity index (χ2v) is 4.90. The highest BCUT2D eigenvalue weighted by Gasteiger charge is 2.28. The van der Waals surface area contributed by atoms with E-state index in [0.29, 0.717) is 17.1 Å². The highest BCUT2D eigenvalue weighted by molar-refractivity contribution is 6.31. The van der Waals surface area contributed by atoms with Crippen LogP contribution >= 0.6 is 11.6 Å². The molecule has 1 aromatic rings. The van der Waals surface area contributed by atoms with Gasteiger partial charge in [0.1, 0.15) is 0 Å². The Hall–Kier alpha value is -1.06. The third-order valence-corrected chi connectivity index (χ3v) is 3.74. The number of carbonyl (C=O) groups is 1. The Morgan fingerprint density at radius 1 is 1.59 bits per heavy atom. The molecule has 2 rings (SSSR count). The molecule has 0 saturated carbocycles. The second-order valence-electron chi connectivity index (χ2n) is 4.49. The van der Waals surface area contributed by atoms with Crippen LogP contribution in [0.4, 0.5) is 0 Å². The number of hydrogen-bond donors (Lipinski definition) is 1. The second kappa shape index (κ2) is 5.07. The number of nitrogens with zero attached hydrogens (tertiary/aromatic N) is 1. The highest BCUT2D eigenvalue weighted by atomic mass is 35.5. The van der Waals surface area contributed by atoms with Crippen molar-refractivity contribution in [1.82, 2.24) is 4.90 Å². The third kappa shape index (κ3) is 2.45. The number of likely N-dealkylation sites (tertiary alicyclic amines) is 1. The van der Waals surface area contributed by atoms with Gasteiger partial charge < -0.3 is 10.6 Å². The van der Waals surface area contributed by atoms with Crippen LogP contribution in [0.3, 0.4) is 0 Å². The minimum absolute atomic E-state index is 0.0673. The standard InChI is InChI=1S/C13H17ClN2O/c1-9-7-10(4-5-12(9)14)13(17)16-6-2-3-11(16)8-15/h4-5,7,11H,2-3,6,8,15H2,1H3/t11-/m1/s1. The van der Waals surface area contributed by atoms with Gasteiger partial charge in [0.05, 0.1) is 0 Å². The Balaban J connectivity index is 2.21. The van der Waals surface area contributed by atoms with Crippen LogP contribution in [-0.2, 0) is 0 Å². The summed E-state index contributed by atoms with van der Waals surface area (Å²) >= 11 is 5.96. The van der Waals surface area contributed by atoms with E-state index in [1.165, 1.54) is 0 Å². The summed E-state index contributed by atoms with van der Waals surface area (Å²) in [6.45, 7) is 3.25. The van der Waals surface area contributed by atoms with Crippen molar-refractivity contribution in [2.24, 2.45) is 5.73 Å². The first-order chi connectivity index (χ1) is 8.13. The van der Waals surface area contributed by atoms with Gasteiger partial charge in [0.25, 0.3) is 5.91 Å². The van der Waals surface area contributed by atoms with Crippen molar-refractivity contribution in [2.75, 3.05) is 13.1 Å². The molecule has 17 heavy (non-hydrogen) atoms. The number of halogens is 1. The van der Waals surface area contributed by atoms with Crippen molar-refractivity contribution in [2.45, 2.75) is 25.8 Å². The summed E-state index contributed by atoms with van der Waals surface area (Å²) in [7, 11) is 0. The van der Waals surface area contributed by atoms with Crippen LogP contribution in [0.1, 0.15) is 28.8 Å². The highest BCUT2D eigenvalue weighted by Crippen LogP contribution is 2.22. The topological polar surface area (TPSA) is 46.3 Å². The lowest BCUT2D eigenvalue weighted by Gasteiger charge is -2.23. The van der Waals surface area contributed by atoms with Gasteiger partial charge in [0.15, 0.2) is 0 Å². The van der Waals surface area contributed by atoms with Gasteiger partial charge in [0.2, 0.25) is 0 Å². The summed E-state index contributed by atoms with van der Waals surface area (Å²) in [5.74, 6) is 0.0673. The Morgan fingerprint density at radius 3 is 3.00 bits per heavy atom. The molecule has 0 bridgehead atoms. The largest absolute Gasteiger partial charge is 0.334 e. The zero-order chi connectivity index (χ0) is 12.4. The Kier molecular flexibility index (Phi) is 3.69. The first-order valence-corrected chi connectivity index (χ1v) is 6.28. The number of nitrogens with two attached hydrogens (primary N) is 1. The van der Waals surface area contributed by atoms with E-state index in [4.69, 9.17) is 17.3 Å². The van der Waals surface area contributed by atoms with E-state index in [2.05, 4.69) is 0 Å². The van der Waals surface area contributed by atoms with Crippen molar-refractivity contribution in [3.63, 3.8) is 0 Å². The lowest BCUT2D eigenvalue weighted by molar-refractivity contribution is 0.0741.